The molecule has 174 valence electrons. The summed E-state index contributed by atoms with van der Waals surface area (Å²) in [5, 5.41) is 11.5. The van der Waals surface area contributed by atoms with Gasteiger partial charge in [-0.15, -0.1) is 0 Å². The minimum absolute atomic E-state index is 0.130. The molecule has 2 atom stereocenters. The molecule has 0 bridgehead atoms. The summed E-state index contributed by atoms with van der Waals surface area (Å²) in [5.74, 6) is -2.00. The molecule has 1 N–H and O–H groups in total. The van der Waals surface area contributed by atoms with Gasteiger partial charge in [0.05, 0.1) is 42.5 Å². The van der Waals surface area contributed by atoms with Gasteiger partial charge in [0.15, 0.2) is 0 Å². The van der Waals surface area contributed by atoms with Gasteiger partial charge in [-0.25, -0.2) is 4.39 Å². The van der Waals surface area contributed by atoms with Gasteiger partial charge in [0.25, 0.3) is 11.7 Å². The number of amides is 1. The van der Waals surface area contributed by atoms with E-state index in [9.17, 15) is 19.1 Å². The highest BCUT2D eigenvalue weighted by Gasteiger charge is 2.47. The predicted octanol–water partition coefficient (Wildman–Crippen LogP) is 4.10. The molecule has 2 aliphatic heterocycles. The molecule has 2 unspecified atom stereocenters. The van der Waals surface area contributed by atoms with E-state index in [1.54, 1.807) is 0 Å². The fourth-order valence-electron chi connectivity index (χ4n) is 4.26. The second-order valence-corrected chi connectivity index (χ2v) is 8.23. The summed E-state index contributed by atoms with van der Waals surface area (Å²) in [7, 11) is 2.83. The maximum Gasteiger partial charge on any atom is 0.295 e. The number of hydrogen-bond acceptors (Lipinski definition) is 6. The van der Waals surface area contributed by atoms with Crippen molar-refractivity contribution in [3.05, 3.63) is 63.9 Å². The number of carbonyl (C=O) groups is 2. The first kappa shape index (κ1) is 23.1. The summed E-state index contributed by atoms with van der Waals surface area (Å²) < 4.78 is 29.8. The van der Waals surface area contributed by atoms with E-state index in [4.69, 9.17) is 25.8 Å². The van der Waals surface area contributed by atoms with E-state index in [0.717, 1.165) is 12.8 Å². The fraction of sp³-hybridized carbons (Fsp3) is 0.333. The van der Waals surface area contributed by atoms with Gasteiger partial charge in [0.1, 0.15) is 23.1 Å². The molecule has 0 saturated carbocycles. The Morgan fingerprint density at radius 1 is 1.18 bits per heavy atom. The summed E-state index contributed by atoms with van der Waals surface area (Å²) in [6, 6.07) is 7.41. The summed E-state index contributed by atoms with van der Waals surface area (Å²) >= 11 is 6.25. The topological polar surface area (TPSA) is 85.3 Å². The molecule has 2 aromatic carbocycles. The SMILES string of the molecule is COc1cc(OC)c(/C(O)=C2\C(=O)C(=O)N(CC3CCCO3)C2c2ccc(F)cc2)cc1Cl. The van der Waals surface area contributed by atoms with Gasteiger partial charge in [-0.3, -0.25) is 9.59 Å². The van der Waals surface area contributed by atoms with Crippen LogP contribution < -0.4 is 9.47 Å². The molecule has 2 aliphatic rings. The summed E-state index contributed by atoms with van der Waals surface area (Å²) in [5.41, 5.74) is 0.475. The number of aliphatic hydroxyl groups is 1. The molecule has 1 amide bonds. The van der Waals surface area contributed by atoms with Crippen LogP contribution in [0.1, 0.15) is 30.0 Å². The van der Waals surface area contributed by atoms with Crippen molar-refractivity contribution in [2.45, 2.75) is 25.0 Å². The number of benzene rings is 2. The third-order valence-electron chi connectivity index (χ3n) is 5.88. The zero-order valence-electron chi connectivity index (χ0n) is 18.1. The van der Waals surface area contributed by atoms with Crippen LogP contribution in [0.25, 0.3) is 5.76 Å². The molecular weight excluding hydrogens is 453 g/mol. The lowest BCUT2D eigenvalue weighted by molar-refractivity contribution is -0.140. The highest BCUT2D eigenvalue weighted by molar-refractivity contribution is 6.46. The first-order chi connectivity index (χ1) is 15.8. The maximum absolute atomic E-state index is 13.6. The Hall–Kier alpha value is -3.10. The van der Waals surface area contributed by atoms with Gasteiger partial charge in [0.2, 0.25) is 0 Å². The highest BCUT2D eigenvalue weighted by Crippen LogP contribution is 2.43. The van der Waals surface area contributed by atoms with Crippen LogP contribution in [0.15, 0.2) is 42.0 Å². The quantitative estimate of drug-likeness (QED) is 0.384. The normalized spacial score (nSPS) is 22.1. The van der Waals surface area contributed by atoms with E-state index in [0.29, 0.717) is 17.9 Å². The van der Waals surface area contributed by atoms with Crippen molar-refractivity contribution < 1.29 is 33.3 Å². The number of rotatable bonds is 6. The molecule has 0 radical (unpaired) electrons. The molecule has 2 aromatic rings. The van der Waals surface area contributed by atoms with Crippen molar-refractivity contribution in [1.29, 1.82) is 0 Å². The Bertz CT molecular complexity index is 1110. The summed E-state index contributed by atoms with van der Waals surface area (Å²) in [6.45, 7) is 0.751. The molecule has 4 rings (SSSR count). The molecule has 7 nitrogen and oxygen atoms in total. The van der Waals surface area contributed by atoms with Gasteiger partial charge in [-0.05, 0) is 36.6 Å². The summed E-state index contributed by atoms with van der Waals surface area (Å²) in [6.07, 6.45) is 1.38. The van der Waals surface area contributed by atoms with Gasteiger partial charge in [-0.2, -0.15) is 0 Å². The molecule has 0 aliphatic carbocycles. The first-order valence-electron chi connectivity index (χ1n) is 10.4. The predicted molar refractivity (Wildman–Crippen MR) is 119 cm³/mol. The van der Waals surface area contributed by atoms with Crippen LogP contribution in [0.5, 0.6) is 11.5 Å². The maximum atomic E-state index is 13.6. The van der Waals surface area contributed by atoms with Crippen LogP contribution >= 0.6 is 11.6 Å². The Morgan fingerprint density at radius 2 is 1.88 bits per heavy atom. The van der Waals surface area contributed by atoms with Gasteiger partial charge < -0.3 is 24.2 Å². The van der Waals surface area contributed by atoms with E-state index in [1.165, 1.54) is 55.5 Å². The number of hydrogen-bond donors (Lipinski definition) is 1. The first-order valence-corrected chi connectivity index (χ1v) is 10.8. The van der Waals surface area contributed by atoms with Crippen molar-refractivity contribution >= 4 is 29.1 Å². The van der Waals surface area contributed by atoms with E-state index < -0.39 is 29.3 Å². The largest absolute Gasteiger partial charge is 0.507 e. The van der Waals surface area contributed by atoms with E-state index >= 15 is 0 Å². The monoisotopic (exact) mass is 475 g/mol. The number of ketones is 1. The van der Waals surface area contributed by atoms with Gasteiger partial charge >= 0.3 is 0 Å². The molecule has 2 fully saturated rings. The summed E-state index contributed by atoms with van der Waals surface area (Å²) in [4.78, 5) is 27.5. The van der Waals surface area contributed by atoms with Gasteiger partial charge in [-0.1, -0.05) is 23.7 Å². The Balaban J connectivity index is 1.88. The van der Waals surface area contributed by atoms with Crippen LogP contribution in [0.3, 0.4) is 0 Å². The van der Waals surface area contributed by atoms with Crippen LogP contribution in [0, 0.1) is 5.82 Å². The highest BCUT2D eigenvalue weighted by atomic mass is 35.5. The minimum atomic E-state index is -0.930. The van der Waals surface area contributed by atoms with Crippen LogP contribution in [-0.2, 0) is 14.3 Å². The van der Waals surface area contributed by atoms with Crippen molar-refractivity contribution in [1.82, 2.24) is 4.90 Å². The van der Waals surface area contributed by atoms with E-state index in [1.807, 2.05) is 0 Å². The molecular formula is C24H23ClFNO6. The van der Waals surface area contributed by atoms with Crippen molar-refractivity contribution in [2.75, 3.05) is 27.4 Å². The molecule has 2 saturated heterocycles. The number of Topliss-reactive ketones (excluding diaryl/α,β-unsaturated/α-hetero) is 1. The third kappa shape index (κ3) is 4.28. The smallest absolute Gasteiger partial charge is 0.295 e. The second kappa shape index (κ2) is 9.41. The third-order valence-corrected chi connectivity index (χ3v) is 6.17. The van der Waals surface area contributed by atoms with E-state index in [-0.39, 0.29) is 34.6 Å². The average molecular weight is 476 g/mol. The lowest BCUT2D eigenvalue weighted by atomic mass is 9.94. The number of carbonyl (C=O) groups excluding carboxylic acids is 2. The lowest BCUT2D eigenvalue weighted by Crippen LogP contribution is -2.36. The zero-order valence-corrected chi connectivity index (χ0v) is 18.9. The molecule has 0 spiro atoms. The van der Waals surface area contributed by atoms with Gasteiger partial charge in [0, 0.05) is 19.2 Å². The Labute approximate surface area is 195 Å². The standard InChI is InChI=1S/C24H23ClFNO6/c1-31-18-11-19(32-2)17(25)10-16(18)22(28)20-21(13-5-7-14(26)8-6-13)27(24(30)23(20)29)12-15-4-3-9-33-15/h5-8,10-11,15,21,28H,3-4,9,12H2,1-2H3/b22-20+. The lowest BCUT2D eigenvalue weighted by Gasteiger charge is -2.27. The number of likely N-dealkylation sites (tertiary alicyclic amines) is 1. The number of aliphatic hydroxyl groups excluding tert-OH is 1. The van der Waals surface area contributed by atoms with Crippen molar-refractivity contribution in [2.24, 2.45) is 0 Å². The number of ether oxygens (including phenoxy) is 3. The van der Waals surface area contributed by atoms with Crippen LogP contribution in [0.4, 0.5) is 4.39 Å². The Morgan fingerprint density at radius 3 is 2.48 bits per heavy atom. The zero-order chi connectivity index (χ0) is 23.7. The fourth-order valence-corrected chi connectivity index (χ4v) is 4.50. The van der Waals surface area contributed by atoms with Crippen LogP contribution in [-0.4, -0.2) is 55.2 Å². The minimum Gasteiger partial charge on any atom is -0.507 e. The van der Waals surface area contributed by atoms with Crippen LogP contribution in [0.2, 0.25) is 5.02 Å². The molecule has 2 heterocycles. The molecule has 9 heteroatoms. The second-order valence-electron chi connectivity index (χ2n) is 7.83. The van der Waals surface area contributed by atoms with E-state index in [2.05, 4.69) is 0 Å². The number of methoxy groups -OCH3 is 2. The van der Waals surface area contributed by atoms with Crippen molar-refractivity contribution in [3.8, 4) is 11.5 Å². The molecule has 0 aromatic heterocycles. The van der Waals surface area contributed by atoms with Crippen molar-refractivity contribution in [3.63, 3.8) is 0 Å². The number of nitrogens with zero attached hydrogens (tertiary/aromatic N) is 1. The molecule has 33 heavy (non-hydrogen) atoms. The average Bonchev–Trinajstić information content (AvgIpc) is 3.41. The Kier molecular flexibility index (Phi) is 6.58. The number of halogens is 2.